The molecule has 1 N–H and O–H groups in total. The Hall–Kier alpha value is -1.98. The minimum atomic E-state index is 0.0912. The van der Waals surface area contributed by atoms with E-state index < -0.39 is 0 Å². The zero-order valence-corrected chi connectivity index (χ0v) is 11.7. The van der Waals surface area contributed by atoms with Crippen molar-refractivity contribution in [2.24, 2.45) is 0 Å². The monoisotopic (exact) mass is 270 g/mol. The molecule has 1 unspecified atom stereocenters. The van der Waals surface area contributed by atoms with E-state index in [2.05, 4.69) is 11.4 Å². The van der Waals surface area contributed by atoms with Crippen molar-refractivity contribution in [3.63, 3.8) is 0 Å². The number of rotatable bonds is 3. The SMILES string of the molecule is Cc1ccc(NC(C)c2cccc(C#N)c2)c(Cl)c1. The summed E-state index contributed by atoms with van der Waals surface area (Å²) in [6.45, 7) is 4.06. The molecule has 0 spiro atoms. The van der Waals surface area contributed by atoms with Gasteiger partial charge in [0.15, 0.2) is 0 Å². The van der Waals surface area contributed by atoms with Gasteiger partial charge in [-0.2, -0.15) is 5.26 Å². The average molecular weight is 271 g/mol. The summed E-state index contributed by atoms with van der Waals surface area (Å²) >= 11 is 6.20. The summed E-state index contributed by atoms with van der Waals surface area (Å²) in [5.41, 5.74) is 3.77. The van der Waals surface area contributed by atoms with Crippen LogP contribution in [-0.2, 0) is 0 Å². The Labute approximate surface area is 118 Å². The van der Waals surface area contributed by atoms with E-state index in [4.69, 9.17) is 16.9 Å². The van der Waals surface area contributed by atoms with Gasteiger partial charge in [-0.3, -0.25) is 0 Å². The molecule has 0 amide bonds. The Morgan fingerprint density at radius 1 is 1.21 bits per heavy atom. The van der Waals surface area contributed by atoms with E-state index >= 15 is 0 Å². The summed E-state index contributed by atoms with van der Waals surface area (Å²) in [7, 11) is 0. The van der Waals surface area contributed by atoms with Gasteiger partial charge >= 0.3 is 0 Å². The minimum absolute atomic E-state index is 0.0912. The molecule has 0 heterocycles. The largest absolute Gasteiger partial charge is 0.377 e. The second-order valence-electron chi connectivity index (χ2n) is 4.59. The van der Waals surface area contributed by atoms with Crippen LogP contribution in [0.15, 0.2) is 42.5 Å². The molecule has 2 rings (SSSR count). The predicted octanol–water partition coefficient (Wildman–Crippen LogP) is 4.69. The molecule has 0 radical (unpaired) electrons. The van der Waals surface area contributed by atoms with Crippen molar-refractivity contribution in [1.82, 2.24) is 0 Å². The first-order valence-corrected chi connectivity index (χ1v) is 6.50. The van der Waals surface area contributed by atoms with Gasteiger partial charge in [-0.25, -0.2) is 0 Å². The maximum atomic E-state index is 8.92. The molecule has 0 aromatic heterocycles. The van der Waals surface area contributed by atoms with Crippen molar-refractivity contribution in [1.29, 1.82) is 5.26 Å². The number of halogens is 1. The highest BCUT2D eigenvalue weighted by atomic mass is 35.5. The summed E-state index contributed by atoms with van der Waals surface area (Å²) in [6.07, 6.45) is 0. The lowest BCUT2D eigenvalue weighted by Crippen LogP contribution is -2.07. The standard InChI is InChI=1S/C16H15ClN2/c1-11-6-7-16(15(17)8-11)19-12(2)14-5-3-4-13(9-14)10-18/h3-9,12,19H,1-2H3. The van der Waals surface area contributed by atoms with Crippen LogP contribution in [0.2, 0.25) is 5.02 Å². The maximum Gasteiger partial charge on any atom is 0.0991 e. The first-order chi connectivity index (χ1) is 9.10. The number of hydrogen-bond acceptors (Lipinski definition) is 2. The van der Waals surface area contributed by atoms with E-state index in [1.54, 1.807) is 6.07 Å². The molecule has 0 bridgehead atoms. The molecule has 0 fully saturated rings. The Morgan fingerprint density at radius 3 is 2.68 bits per heavy atom. The van der Waals surface area contributed by atoms with E-state index in [1.807, 2.05) is 50.2 Å². The average Bonchev–Trinajstić information content (AvgIpc) is 2.42. The van der Waals surface area contributed by atoms with Gasteiger partial charge in [0.2, 0.25) is 0 Å². The first kappa shape index (κ1) is 13.5. The van der Waals surface area contributed by atoms with Gasteiger partial charge in [0.1, 0.15) is 0 Å². The molecule has 0 saturated carbocycles. The van der Waals surface area contributed by atoms with Crippen molar-refractivity contribution < 1.29 is 0 Å². The van der Waals surface area contributed by atoms with Gasteiger partial charge in [0.05, 0.1) is 22.3 Å². The summed E-state index contributed by atoms with van der Waals surface area (Å²) in [4.78, 5) is 0. The zero-order chi connectivity index (χ0) is 13.8. The van der Waals surface area contributed by atoms with Crippen LogP contribution < -0.4 is 5.32 Å². The molecule has 1 atom stereocenters. The first-order valence-electron chi connectivity index (χ1n) is 6.13. The van der Waals surface area contributed by atoms with E-state index in [-0.39, 0.29) is 6.04 Å². The second kappa shape index (κ2) is 5.77. The second-order valence-corrected chi connectivity index (χ2v) is 4.99. The summed E-state index contributed by atoms with van der Waals surface area (Å²) in [5.74, 6) is 0. The Bertz CT molecular complexity index is 629. The predicted molar refractivity (Wildman–Crippen MR) is 79.4 cm³/mol. The fourth-order valence-electron chi connectivity index (χ4n) is 1.93. The number of hydrogen-bond donors (Lipinski definition) is 1. The van der Waals surface area contributed by atoms with Crippen LogP contribution in [0.25, 0.3) is 0 Å². The van der Waals surface area contributed by atoms with Gasteiger partial charge in [0, 0.05) is 6.04 Å². The van der Waals surface area contributed by atoms with Crippen LogP contribution in [0, 0.1) is 18.3 Å². The number of nitrogens with one attached hydrogen (secondary N) is 1. The van der Waals surface area contributed by atoms with Gasteiger partial charge < -0.3 is 5.32 Å². The molecule has 0 aliphatic carbocycles. The molecule has 0 aliphatic heterocycles. The molecular formula is C16H15ClN2. The van der Waals surface area contributed by atoms with E-state index in [9.17, 15) is 0 Å². The molecule has 2 nitrogen and oxygen atoms in total. The zero-order valence-electron chi connectivity index (χ0n) is 10.9. The Morgan fingerprint density at radius 2 is 2.00 bits per heavy atom. The van der Waals surface area contributed by atoms with Crippen molar-refractivity contribution >= 4 is 17.3 Å². The lowest BCUT2D eigenvalue weighted by atomic mass is 10.1. The van der Waals surface area contributed by atoms with Gasteiger partial charge in [-0.05, 0) is 49.2 Å². The van der Waals surface area contributed by atoms with Crippen molar-refractivity contribution in [2.75, 3.05) is 5.32 Å². The molecule has 0 aliphatic rings. The molecule has 96 valence electrons. The van der Waals surface area contributed by atoms with Gasteiger partial charge in [-0.15, -0.1) is 0 Å². The number of nitrogens with zero attached hydrogens (tertiary/aromatic N) is 1. The van der Waals surface area contributed by atoms with Crippen LogP contribution in [0.3, 0.4) is 0 Å². The van der Waals surface area contributed by atoms with E-state index in [0.29, 0.717) is 10.6 Å². The topological polar surface area (TPSA) is 35.8 Å². The van der Waals surface area contributed by atoms with E-state index in [0.717, 1.165) is 16.8 Å². The number of aryl methyl sites for hydroxylation is 1. The van der Waals surface area contributed by atoms with Crippen molar-refractivity contribution in [2.45, 2.75) is 19.9 Å². The molecule has 0 saturated heterocycles. The minimum Gasteiger partial charge on any atom is -0.377 e. The van der Waals surface area contributed by atoms with Crippen LogP contribution >= 0.6 is 11.6 Å². The third kappa shape index (κ3) is 3.27. The molecule has 3 heteroatoms. The summed E-state index contributed by atoms with van der Waals surface area (Å²) in [5, 5.41) is 13.0. The highest BCUT2D eigenvalue weighted by Crippen LogP contribution is 2.27. The Kier molecular flexibility index (Phi) is 4.09. The third-order valence-corrected chi connectivity index (χ3v) is 3.33. The quantitative estimate of drug-likeness (QED) is 0.878. The molecule has 2 aromatic rings. The van der Waals surface area contributed by atoms with Gasteiger partial charge in [0.25, 0.3) is 0 Å². The molecular weight excluding hydrogens is 256 g/mol. The highest BCUT2D eigenvalue weighted by molar-refractivity contribution is 6.33. The van der Waals surface area contributed by atoms with Gasteiger partial charge in [-0.1, -0.05) is 29.8 Å². The lowest BCUT2D eigenvalue weighted by molar-refractivity contribution is 0.884. The smallest absolute Gasteiger partial charge is 0.0991 e. The molecule has 19 heavy (non-hydrogen) atoms. The lowest BCUT2D eigenvalue weighted by Gasteiger charge is -2.17. The molecule has 2 aromatic carbocycles. The van der Waals surface area contributed by atoms with Crippen LogP contribution in [0.5, 0.6) is 0 Å². The maximum absolute atomic E-state index is 8.92. The number of anilines is 1. The fourth-order valence-corrected chi connectivity index (χ4v) is 2.22. The van der Waals surface area contributed by atoms with Crippen LogP contribution in [0.4, 0.5) is 5.69 Å². The number of benzene rings is 2. The third-order valence-electron chi connectivity index (χ3n) is 3.01. The Balaban J connectivity index is 2.20. The summed E-state index contributed by atoms with van der Waals surface area (Å²) < 4.78 is 0. The summed E-state index contributed by atoms with van der Waals surface area (Å²) in [6, 6.07) is 15.8. The van der Waals surface area contributed by atoms with E-state index in [1.165, 1.54) is 0 Å². The normalized spacial score (nSPS) is 11.7. The van der Waals surface area contributed by atoms with Crippen LogP contribution in [0.1, 0.15) is 29.7 Å². The fraction of sp³-hybridized carbons (Fsp3) is 0.188. The number of nitriles is 1. The van der Waals surface area contributed by atoms with Crippen molar-refractivity contribution in [3.05, 3.63) is 64.2 Å². The van der Waals surface area contributed by atoms with Crippen LogP contribution in [-0.4, -0.2) is 0 Å². The van der Waals surface area contributed by atoms with Crippen molar-refractivity contribution in [3.8, 4) is 6.07 Å². The highest BCUT2D eigenvalue weighted by Gasteiger charge is 2.08.